The van der Waals surface area contributed by atoms with Gasteiger partial charge in [0.05, 0.1) is 0 Å². The zero-order chi connectivity index (χ0) is 11.1. The summed E-state index contributed by atoms with van der Waals surface area (Å²) in [5.74, 6) is 1.43. The number of hydrogen-bond donors (Lipinski definition) is 2. The van der Waals surface area contributed by atoms with E-state index in [-0.39, 0.29) is 5.91 Å². The van der Waals surface area contributed by atoms with Gasteiger partial charge in [-0.2, -0.15) is 0 Å². The molecule has 16 heavy (non-hydrogen) atoms. The largest absolute Gasteiger partial charge is 0.349 e. The van der Waals surface area contributed by atoms with Crippen molar-refractivity contribution in [2.75, 3.05) is 13.1 Å². The monoisotopic (exact) mass is 216 g/mol. The molecule has 1 aromatic rings. The van der Waals surface area contributed by atoms with E-state index in [1.807, 2.05) is 31.2 Å². The van der Waals surface area contributed by atoms with Crippen molar-refractivity contribution in [3.63, 3.8) is 0 Å². The Morgan fingerprint density at radius 1 is 1.31 bits per heavy atom. The molecule has 1 aliphatic carbocycles. The summed E-state index contributed by atoms with van der Waals surface area (Å²) >= 11 is 0. The fraction of sp³-hybridized carbons (Fsp3) is 0.462. The number of carbonyl (C=O) groups excluding carboxylic acids is 1. The second-order valence-corrected chi connectivity index (χ2v) is 4.80. The lowest BCUT2D eigenvalue weighted by Gasteiger charge is -2.09. The Kier molecular flexibility index (Phi) is 2.21. The van der Waals surface area contributed by atoms with E-state index in [0.29, 0.717) is 17.9 Å². The van der Waals surface area contributed by atoms with Gasteiger partial charge in [0.25, 0.3) is 5.91 Å². The van der Waals surface area contributed by atoms with Gasteiger partial charge in [-0.1, -0.05) is 18.2 Å². The van der Waals surface area contributed by atoms with Gasteiger partial charge in [0.15, 0.2) is 0 Å². The Bertz CT molecular complexity index is 420. The first-order chi connectivity index (χ1) is 7.77. The van der Waals surface area contributed by atoms with Crippen LogP contribution in [0.5, 0.6) is 0 Å². The molecule has 0 radical (unpaired) electrons. The van der Waals surface area contributed by atoms with E-state index >= 15 is 0 Å². The molecule has 0 spiro atoms. The van der Waals surface area contributed by atoms with Crippen LogP contribution >= 0.6 is 0 Å². The number of nitrogens with one attached hydrogen (secondary N) is 2. The lowest BCUT2D eigenvalue weighted by Crippen LogP contribution is -2.32. The van der Waals surface area contributed by atoms with E-state index in [2.05, 4.69) is 10.6 Å². The third kappa shape index (κ3) is 1.52. The van der Waals surface area contributed by atoms with Crippen molar-refractivity contribution in [3.8, 4) is 0 Å². The molecule has 2 unspecified atom stereocenters. The van der Waals surface area contributed by atoms with Gasteiger partial charge >= 0.3 is 0 Å². The zero-order valence-electron chi connectivity index (χ0n) is 9.36. The van der Waals surface area contributed by atoms with Gasteiger partial charge in [-0.15, -0.1) is 0 Å². The molecule has 1 amide bonds. The Morgan fingerprint density at radius 2 is 2.00 bits per heavy atom. The Labute approximate surface area is 95.2 Å². The molecule has 2 atom stereocenters. The summed E-state index contributed by atoms with van der Waals surface area (Å²) in [6, 6.07) is 8.15. The first kappa shape index (κ1) is 9.85. The fourth-order valence-electron chi connectivity index (χ4n) is 2.69. The summed E-state index contributed by atoms with van der Waals surface area (Å²) in [4.78, 5) is 12.0. The number of aryl methyl sites for hydroxylation is 1. The maximum atomic E-state index is 12.0. The van der Waals surface area contributed by atoms with E-state index in [0.717, 1.165) is 24.2 Å². The van der Waals surface area contributed by atoms with Crippen LogP contribution in [0, 0.1) is 18.8 Å². The summed E-state index contributed by atoms with van der Waals surface area (Å²) in [5, 5.41) is 6.46. The summed E-state index contributed by atoms with van der Waals surface area (Å²) in [5.41, 5.74) is 1.85. The van der Waals surface area contributed by atoms with Crippen molar-refractivity contribution in [2.45, 2.75) is 13.0 Å². The van der Waals surface area contributed by atoms with Crippen LogP contribution in [0.15, 0.2) is 24.3 Å². The third-order valence-electron chi connectivity index (χ3n) is 3.78. The minimum Gasteiger partial charge on any atom is -0.349 e. The van der Waals surface area contributed by atoms with E-state index < -0.39 is 0 Å². The molecule has 1 saturated carbocycles. The highest BCUT2D eigenvalue weighted by Crippen LogP contribution is 2.41. The molecule has 3 rings (SSSR count). The van der Waals surface area contributed by atoms with E-state index in [4.69, 9.17) is 0 Å². The summed E-state index contributed by atoms with van der Waals surface area (Å²) in [6.07, 6.45) is 0. The average molecular weight is 216 g/mol. The Balaban J connectivity index is 1.68. The molecule has 3 nitrogen and oxygen atoms in total. The predicted molar refractivity (Wildman–Crippen MR) is 62.3 cm³/mol. The van der Waals surface area contributed by atoms with Crippen LogP contribution in [0.2, 0.25) is 0 Å². The molecule has 2 aliphatic rings. The van der Waals surface area contributed by atoms with Crippen LogP contribution in [-0.4, -0.2) is 25.0 Å². The van der Waals surface area contributed by atoms with Crippen LogP contribution in [-0.2, 0) is 0 Å². The molecule has 1 heterocycles. The second-order valence-electron chi connectivity index (χ2n) is 4.80. The topological polar surface area (TPSA) is 41.1 Å². The molecule has 1 aliphatic heterocycles. The van der Waals surface area contributed by atoms with E-state index in [9.17, 15) is 4.79 Å². The fourth-order valence-corrected chi connectivity index (χ4v) is 2.69. The van der Waals surface area contributed by atoms with Crippen LogP contribution in [0.1, 0.15) is 15.9 Å². The molecule has 2 N–H and O–H groups in total. The zero-order valence-corrected chi connectivity index (χ0v) is 9.36. The minimum atomic E-state index is 0.0810. The standard InChI is InChI=1S/C13H16N2O/c1-8-4-2-3-5-9(8)13(16)15-12-10-6-14-7-11(10)12/h2-5,10-12,14H,6-7H2,1H3,(H,15,16). The Morgan fingerprint density at radius 3 is 2.69 bits per heavy atom. The lowest BCUT2D eigenvalue weighted by atomic mass is 10.1. The number of carbonyl (C=O) groups is 1. The first-order valence-electron chi connectivity index (χ1n) is 5.84. The van der Waals surface area contributed by atoms with Gasteiger partial charge in [-0.05, 0) is 30.4 Å². The van der Waals surface area contributed by atoms with Crippen molar-refractivity contribution >= 4 is 5.91 Å². The van der Waals surface area contributed by atoms with Gasteiger partial charge in [-0.3, -0.25) is 4.79 Å². The SMILES string of the molecule is Cc1ccccc1C(=O)NC1C2CNCC21. The van der Waals surface area contributed by atoms with Crippen molar-refractivity contribution < 1.29 is 4.79 Å². The molecular formula is C13H16N2O. The maximum absolute atomic E-state index is 12.0. The van der Waals surface area contributed by atoms with Gasteiger partial charge < -0.3 is 10.6 Å². The highest BCUT2D eigenvalue weighted by atomic mass is 16.1. The molecule has 1 saturated heterocycles. The summed E-state index contributed by atoms with van der Waals surface area (Å²) < 4.78 is 0. The number of hydrogen-bond acceptors (Lipinski definition) is 2. The molecule has 0 aromatic heterocycles. The van der Waals surface area contributed by atoms with Gasteiger partial charge in [0.1, 0.15) is 0 Å². The van der Waals surface area contributed by atoms with Crippen LogP contribution < -0.4 is 10.6 Å². The lowest BCUT2D eigenvalue weighted by molar-refractivity contribution is 0.0946. The van der Waals surface area contributed by atoms with Gasteiger partial charge in [0, 0.05) is 24.7 Å². The third-order valence-corrected chi connectivity index (χ3v) is 3.78. The highest BCUT2D eigenvalue weighted by molar-refractivity contribution is 5.96. The average Bonchev–Trinajstić information content (AvgIpc) is 2.75. The maximum Gasteiger partial charge on any atom is 0.251 e. The number of rotatable bonds is 2. The normalized spacial score (nSPS) is 30.9. The van der Waals surface area contributed by atoms with Crippen LogP contribution in [0.25, 0.3) is 0 Å². The molecule has 3 heteroatoms. The van der Waals surface area contributed by atoms with Crippen LogP contribution in [0.3, 0.4) is 0 Å². The smallest absolute Gasteiger partial charge is 0.251 e. The Hall–Kier alpha value is -1.35. The number of fused-ring (bicyclic) bond motifs is 1. The van der Waals surface area contributed by atoms with Gasteiger partial charge in [0.2, 0.25) is 0 Å². The number of amides is 1. The molecule has 0 bridgehead atoms. The second kappa shape index (κ2) is 3.59. The van der Waals surface area contributed by atoms with E-state index in [1.165, 1.54) is 0 Å². The predicted octanol–water partition coefficient (Wildman–Crippen LogP) is 0.943. The van der Waals surface area contributed by atoms with Crippen LogP contribution in [0.4, 0.5) is 0 Å². The minimum absolute atomic E-state index is 0.0810. The van der Waals surface area contributed by atoms with Crippen molar-refractivity contribution in [1.82, 2.24) is 10.6 Å². The molecule has 1 aromatic carbocycles. The number of piperidine rings is 1. The first-order valence-corrected chi connectivity index (χ1v) is 5.84. The van der Waals surface area contributed by atoms with Crippen molar-refractivity contribution in [3.05, 3.63) is 35.4 Å². The quantitative estimate of drug-likeness (QED) is 0.772. The van der Waals surface area contributed by atoms with Crippen molar-refractivity contribution in [2.24, 2.45) is 11.8 Å². The summed E-state index contributed by atoms with van der Waals surface area (Å²) in [7, 11) is 0. The summed E-state index contributed by atoms with van der Waals surface area (Å²) in [6.45, 7) is 4.09. The highest BCUT2D eigenvalue weighted by Gasteiger charge is 2.53. The molecule has 84 valence electrons. The molecular weight excluding hydrogens is 200 g/mol. The van der Waals surface area contributed by atoms with Gasteiger partial charge in [-0.25, -0.2) is 0 Å². The molecule has 2 fully saturated rings. The number of benzene rings is 1. The van der Waals surface area contributed by atoms with Crippen molar-refractivity contribution in [1.29, 1.82) is 0 Å². The van der Waals surface area contributed by atoms with E-state index in [1.54, 1.807) is 0 Å².